The molecule has 1 aliphatic rings. The van der Waals surface area contributed by atoms with E-state index in [2.05, 4.69) is 14.7 Å². The average Bonchev–Trinajstić information content (AvgIpc) is 2.88. The van der Waals surface area contributed by atoms with E-state index in [-0.39, 0.29) is 5.91 Å². The number of halogens is 1. The van der Waals surface area contributed by atoms with Gasteiger partial charge in [0.1, 0.15) is 5.60 Å². The molecule has 0 unspecified atom stereocenters. The minimum absolute atomic E-state index is 0.0910. The number of fused-ring (bicyclic) bond motifs is 1. The smallest absolute Gasteiger partial charge is 0.253 e. The maximum atomic E-state index is 13.5. The van der Waals surface area contributed by atoms with Crippen LogP contribution in [0.25, 0.3) is 10.9 Å². The molecule has 0 atom stereocenters. The molecule has 8 heteroatoms. The molecule has 0 bridgehead atoms. The fourth-order valence-corrected chi connectivity index (χ4v) is 4.92. The van der Waals surface area contributed by atoms with Crippen LogP contribution in [0.2, 0.25) is 0 Å². The number of amides is 1. The number of pyridine rings is 2. The lowest BCUT2D eigenvalue weighted by molar-refractivity contribution is -0.0249. The SMILES string of the molecule is O=C(c1ccc(NSc2cccc3cccnc23)cc1)N1CCC(O)(c2cccc(F)n2)CC1. The first-order chi connectivity index (χ1) is 16.5. The second kappa shape index (κ2) is 9.40. The summed E-state index contributed by atoms with van der Waals surface area (Å²) in [5, 5.41) is 12.0. The maximum Gasteiger partial charge on any atom is 0.253 e. The molecular formula is C26H23FN4O2S. The van der Waals surface area contributed by atoms with Crippen molar-refractivity contribution in [1.29, 1.82) is 0 Å². The number of nitrogens with zero attached hydrogens (tertiary/aromatic N) is 3. The van der Waals surface area contributed by atoms with E-state index in [0.717, 1.165) is 21.5 Å². The molecule has 1 saturated heterocycles. The number of rotatable bonds is 5. The van der Waals surface area contributed by atoms with Gasteiger partial charge in [-0.05, 0) is 73.3 Å². The third-order valence-corrected chi connectivity index (χ3v) is 6.96. The van der Waals surface area contributed by atoms with E-state index in [9.17, 15) is 14.3 Å². The van der Waals surface area contributed by atoms with Gasteiger partial charge in [0.05, 0.1) is 16.1 Å². The topological polar surface area (TPSA) is 78.4 Å². The molecule has 2 N–H and O–H groups in total. The molecule has 4 aromatic rings. The molecule has 1 amide bonds. The molecule has 0 aliphatic carbocycles. The number of nitrogens with one attached hydrogen (secondary N) is 1. The predicted molar refractivity (Wildman–Crippen MR) is 131 cm³/mol. The summed E-state index contributed by atoms with van der Waals surface area (Å²) in [5.41, 5.74) is 1.48. The number of benzene rings is 2. The Labute approximate surface area is 201 Å². The Morgan fingerprint density at radius 3 is 2.50 bits per heavy atom. The van der Waals surface area contributed by atoms with Gasteiger partial charge in [0.15, 0.2) is 0 Å². The van der Waals surface area contributed by atoms with Gasteiger partial charge in [-0.15, -0.1) is 0 Å². The quantitative estimate of drug-likeness (QED) is 0.313. The van der Waals surface area contributed by atoms with Crippen molar-refractivity contribution in [3.05, 3.63) is 96.2 Å². The standard InChI is InChI=1S/C26H23FN4O2S/c27-23-8-2-7-22(29-23)26(33)13-16-31(17-14-26)25(32)19-9-11-20(12-10-19)30-34-21-6-1-4-18-5-3-15-28-24(18)21/h1-12,15,30,33H,13-14,16-17H2. The van der Waals surface area contributed by atoms with Crippen LogP contribution in [-0.2, 0) is 5.60 Å². The van der Waals surface area contributed by atoms with Crippen LogP contribution in [0.15, 0.2) is 83.9 Å². The number of hydrogen-bond donors (Lipinski definition) is 2. The fraction of sp³-hybridized carbons (Fsp3) is 0.192. The van der Waals surface area contributed by atoms with Crippen molar-refractivity contribution in [2.75, 3.05) is 17.8 Å². The molecule has 34 heavy (non-hydrogen) atoms. The van der Waals surface area contributed by atoms with Gasteiger partial charge in [-0.25, -0.2) is 4.98 Å². The molecule has 1 aliphatic heterocycles. The Morgan fingerprint density at radius 2 is 1.74 bits per heavy atom. The number of aromatic nitrogens is 2. The minimum atomic E-state index is -1.22. The van der Waals surface area contributed by atoms with Gasteiger partial charge in [0, 0.05) is 35.9 Å². The monoisotopic (exact) mass is 474 g/mol. The summed E-state index contributed by atoms with van der Waals surface area (Å²) in [6.07, 6.45) is 2.40. The third kappa shape index (κ3) is 4.60. The summed E-state index contributed by atoms with van der Waals surface area (Å²) in [7, 11) is 0. The third-order valence-electron chi connectivity index (χ3n) is 6.08. The van der Waals surface area contributed by atoms with Gasteiger partial charge >= 0.3 is 0 Å². The van der Waals surface area contributed by atoms with E-state index >= 15 is 0 Å². The van der Waals surface area contributed by atoms with Crippen molar-refractivity contribution >= 4 is 34.4 Å². The number of hydrogen-bond acceptors (Lipinski definition) is 6. The lowest BCUT2D eigenvalue weighted by atomic mass is 9.87. The zero-order chi connectivity index (χ0) is 23.5. The van der Waals surface area contributed by atoms with Crippen molar-refractivity contribution < 1.29 is 14.3 Å². The van der Waals surface area contributed by atoms with Crippen LogP contribution >= 0.6 is 11.9 Å². The highest BCUT2D eigenvalue weighted by Gasteiger charge is 2.37. The molecule has 0 saturated carbocycles. The number of carbonyl (C=O) groups is 1. The first-order valence-corrected chi connectivity index (χ1v) is 11.8. The molecule has 2 aromatic carbocycles. The summed E-state index contributed by atoms with van der Waals surface area (Å²) in [6, 6.07) is 21.7. The average molecular weight is 475 g/mol. The summed E-state index contributed by atoms with van der Waals surface area (Å²) in [4.78, 5) is 24.0. The lowest BCUT2D eigenvalue weighted by Gasteiger charge is -2.37. The zero-order valence-electron chi connectivity index (χ0n) is 18.3. The minimum Gasteiger partial charge on any atom is -0.383 e. The zero-order valence-corrected chi connectivity index (χ0v) is 19.1. The molecule has 0 spiro atoms. The van der Waals surface area contributed by atoms with Gasteiger partial charge < -0.3 is 14.7 Å². The van der Waals surface area contributed by atoms with Gasteiger partial charge in [-0.2, -0.15) is 4.39 Å². The van der Waals surface area contributed by atoms with Crippen molar-refractivity contribution in [1.82, 2.24) is 14.9 Å². The van der Waals surface area contributed by atoms with Crippen LogP contribution in [0.3, 0.4) is 0 Å². The molecule has 5 rings (SSSR count). The summed E-state index contributed by atoms with van der Waals surface area (Å²) in [6.45, 7) is 0.745. The first kappa shape index (κ1) is 22.3. The number of carbonyl (C=O) groups excluding carboxylic acids is 1. The van der Waals surface area contributed by atoms with Crippen LogP contribution < -0.4 is 4.72 Å². The molecule has 1 fully saturated rings. The van der Waals surface area contributed by atoms with Crippen molar-refractivity contribution in [3.8, 4) is 0 Å². The Balaban J connectivity index is 1.20. The number of anilines is 1. The molecule has 172 valence electrons. The van der Waals surface area contributed by atoms with E-state index < -0.39 is 11.5 Å². The van der Waals surface area contributed by atoms with Crippen molar-refractivity contribution in [2.24, 2.45) is 0 Å². The van der Waals surface area contributed by atoms with Crippen LogP contribution in [0.5, 0.6) is 0 Å². The van der Waals surface area contributed by atoms with Gasteiger partial charge in [0.25, 0.3) is 5.91 Å². The Kier molecular flexibility index (Phi) is 6.17. The highest BCUT2D eigenvalue weighted by atomic mass is 32.2. The number of piperidine rings is 1. The Hall–Kier alpha value is -3.49. The lowest BCUT2D eigenvalue weighted by Crippen LogP contribution is -2.45. The van der Waals surface area contributed by atoms with E-state index in [1.165, 1.54) is 24.1 Å². The van der Waals surface area contributed by atoms with Gasteiger partial charge in [-0.3, -0.25) is 9.78 Å². The van der Waals surface area contributed by atoms with E-state index in [0.29, 0.717) is 37.2 Å². The van der Waals surface area contributed by atoms with Gasteiger partial charge in [-0.1, -0.05) is 24.3 Å². The van der Waals surface area contributed by atoms with E-state index in [1.807, 2.05) is 42.5 Å². The Morgan fingerprint density at radius 1 is 1.00 bits per heavy atom. The van der Waals surface area contributed by atoms with Crippen LogP contribution in [0.1, 0.15) is 28.9 Å². The normalized spacial score (nSPS) is 15.3. The highest BCUT2D eigenvalue weighted by Crippen LogP contribution is 2.32. The molecule has 3 heterocycles. The molecule has 2 aromatic heterocycles. The molecule has 0 radical (unpaired) electrons. The summed E-state index contributed by atoms with van der Waals surface area (Å²) >= 11 is 1.48. The van der Waals surface area contributed by atoms with Crippen molar-refractivity contribution in [3.63, 3.8) is 0 Å². The number of aliphatic hydroxyl groups is 1. The second-order valence-corrected chi connectivity index (χ2v) is 9.13. The van der Waals surface area contributed by atoms with E-state index in [4.69, 9.17) is 0 Å². The molecular weight excluding hydrogens is 451 g/mol. The largest absolute Gasteiger partial charge is 0.383 e. The van der Waals surface area contributed by atoms with Crippen LogP contribution in [0.4, 0.5) is 10.1 Å². The summed E-state index contributed by atoms with van der Waals surface area (Å²) < 4.78 is 16.8. The maximum absolute atomic E-state index is 13.5. The van der Waals surface area contributed by atoms with Crippen molar-refractivity contribution in [2.45, 2.75) is 23.3 Å². The fourth-order valence-electron chi connectivity index (χ4n) is 4.14. The second-order valence-electron chi connectivity index (χ2n) is 8.28. The van der Waals surface area contributed by atoms with Crippen LogP contribution in [0, 0.1) is 5.95 Å². The first-order valence-electron chi connectivity index (χ1n) is 11.0. The summed E-state index contributed by atoms with van der Waals surface area (Å²) in [5.74, 6) is -0.709. The van der Waals surface area contributed by atoms with E-state index in [1.54, 1.807) is 29.3 Å². The number of para-hydroxylation sites is 1. The van der Waals surface area contributed by atoms with Gasteiger partial charge in [0.2, 0.25) is 5.95 Å². The highest BCUT2D eigenvalue weighted by molar-refractivity contribution is 8.00. The number of likely N-dealkylation sites (tertiary alicyclic amines) is 1. The predicted octanol–water partition coefficient (Wildman–Crippen LogP) is 5.01. The van der Waals surface area contributed by atoms with Crippen LogP contribution in [-0.4, -0.2) is 39.0 Å². The Bertz CT molecular complexity index is 1320. The molecule has 6 nitrogen and oxygen atoms in total.